The van der Waals surface area contributed by atoms with Crippen molar-refractivity contribution >= 4 is 11.8 Å². The molecule has 0 unspecified atom stereocenters. The van der Waals surface area contributed by atoms with Crippen LogP contribution in [0.5, 0.6) is 0 Å². The molecule has 0 aliphatic heterocycles. The minimum Gasteiger partial charge on any atom is -0.236 e. The van der Waals surface area contributed by atoms with Crippen molar-refractivity contribution in [3.8, 4) is 0 Å². The highest BCUT2D eigenvalue weighted by atomic mass is 32.2. The van der Waals surface area contributed by atoms with Crippen molar-refractivity contribution in [2.45, 2.75) is 19.0 Å². The fraction of sp³-hybridized carbons (Fsp3) is 0.500. The monoisotopic (exact) mass is 183 g/mol. The number of hydrogen-bond donors (Lipinski definition) is 0. The van der Waals surface area contributed by atoms with Crippen molar-refractivity contribution in [3.63, 3.8) is 0 Å². The van der Waals surface area contributed by atoms with Crippen LogP contribution in [-0.4, -0.2) is 22.3 Å². The van der Waals surface area contributed by atoms with Gasteiger partial charge in [0.05, 0.1) is 6.61 Å². The van der Waals surface area contributed by atoms with E-state index in [2.05, 4.69) is 9.97 Å². The fourth-order valence-corrected chi connectivity index (χ4v) is 1.57. The first-order valence-corrected chi connectivity index (χ1v) is 4.74. The average molecular weight is 183 g/mol. The first-order chi connectivity index (χ1) is 5.72. The Morgan fingerprint density at radius 3 is 2.42 bits per heavy atom. The molecule has 0 bridgehead atoms. The van der Waals surface area contributed by atoms with E-state index in [9.17, 15) is 5.11 Å². The Hall–Kier alpha value is -0.610. The molecule has 0 fully saturated rings. The van der Waals surface area contributed by atoms with Gasteiger partial charge in [-0.15, -0.1) is 0 Å². The lowest BCUT2D eigenvalue weighted by Crippen LogP contribution is -1.94. The lowest BCUT2D eigenvalue weighted by Gasteiger charge is -2.00. The van der Waals surface area contributed by atoms with Gasteiger partial charge in [0.25, 0.3) is 0 Å². The zero-order chi connectivity index (χ0) is 8.97. The van der Waals surface area contributed by atoms with Gasteiger partial charge < -0.3 is 0 Å². The molecule has 4 heteroatoms. The van der Waals surface area contributed by atoms with Crippen molar-refractivity contribution < 1.29 is 5.11 Å². The summed E-state index contributed by atoms with van der Waals surface area (Å²) in [5, 5.41) is 10.9. The number of rotatable bonds is 3. The summed E-state index contributed by atoms with van der Waals surface area (Å²) in [6.45, 7) is 3.77. The van der Waals surface area contributed by atoms with Gasteiger partial charge in [-0.3, -0.25) is 0 Å². The summed E-state index contributed by atoms with van der Waals surface area (Å²) in [4.78, 5) is 8.37. The van der Waals surface area contributed by atoms with Crippen molar-refractivity contribution in [1.29, 1.82) is 0 Å². The topological polar surface area (TPSA) is 45.7 Å². The molecule has 0 aliphatic carbocycles. The van der Waals surface area contributed by atoms with Gasteiger partial charge in [0.2, 0.25) is 0 Å². The van der Waals surface area contributed by atoms with E-state index < -0.39 is 0 Å². The maximum absolute atomic E-state index is 10.2. The zero-order valence-corrected chi connectivity index (χ0v) is 8.02. The smallest absolute Gasteiger partial charge is 0.188 e. The van der Waals surface area contributed by atoms with E-state index in [4.69, 9.17) is 0 Å². The van der Waals surface area contributed by atoms with Crippen LogP contribution in [0.1, 0.15) is 11.4 Å². The minimum atomic E-state index is -0.0823. The first kappa shape index (κ1) is 9.48. The molecule has 0 N–H and O–H groups in total. The molecule has 1 aromatic heterocycles. The summed E-state index contributed by atoms with van der Waals surface area (Å²) in [6.07, 6.45) is 0. The molecule has 0 spiro atoms. The van der Waals surface area contributed by atoms with Gasteiger partial charge in [0.1, 0.15) is 0 Å². The molecule has 1 radical (unpaired) electrons. The Kier molecular flexibility index (Phi) is 3.49. The molecule has 0 saturated heterocycles. The summed E-state index contributed by atoms with van der Waals surface area (Å²) in [5.41, 5.74) is 1.91. The molecular formula is C8H11N2OS. The van der Waals surface area contributed by atoms with Gasteiger partial charge >= 0.3 is 0 Å². The molecule has 0 amide bonds. The predicted molar refractivity (Wildman–Crippen MR) is 47.8 cm³/mol. The Morgan fingerprint density at radius 2 is 1.92 bits per heavy atom. The van der Waals surface area contributed by atoms with Gasteiger partial charge in [-0.1, -0.05) is 11.8 Å². The summed E-state index contributed by atoms with van der Waals surface area (Å²) in [5.74, 6) is 0.545. The number of nitrogens with zero attached hydrogens (tertiary/aromatic N) is 2. The largest absolute Gasteiger partial charge is 0.236 e. The van der Waals surface area contributed by atoms with E-state index in [0.717, 1.165) is 11.4 Å². The molecule has 3 nitrogen and oxygen atoms in total. The highest BCUT2D eigenvalue weighted by molar-refractivity contribution is 7.99. The third kappa shape index (κ3) is 2.79. The molecule has 1 heterocycles. The van der Waals surface area contributed by atoms with Gasteiger partial charge in [0, 0.05) is 17.1 Å². The Morgan fingerprint density at radius 1 is 1.33 bits per heavy atom. The van der Waals surface area contributed by atoms with Crippen molar-refractivity contribution in [2.75, 3.05) is 12.4 Å². The summed E-state index contributed by atoms with van der Waals surface area (Å²) < 4.78 is 0. The minimum absolute atomic E-state index is 0.0823. The van der Waals surface area contributed by atoms with Crippen LogP contribution in [0.3, 0.4) is 0 Å². The molecule has 0 aliphatic rings. The van der Waals surface area contributed by atoms with Gasteiger partial charge in [-0.25, -0.2) is 15.1 Å². The quantitative estimate of drug-likeness (QED) is 0.528. The second-order valence-corrected chi connectivity index (χ2v) is 3.55. The summed E-state index contributed by atoms with van der Waals surface area (Å²) in [6, 6.07) is 1.92. The molecule has 65 valence electrons. The third-order valence-corrected chi connectivity index (χ3v) is 2.09. The van der Waals surface area contributed by atoms with Crippen LogP contribution < -0.4 is 0 Å². The van der Waals surface area contributed by atoms with E-state index in [1.165, 1.54) is 11.8 Å². The van der Waals surface area contributed by atoms with Crippen LogP contribution in [-0.2, 0) is 5.11 Å². The molecule has 1 rings (SSSR count). The maximum Gasteiger partial charge on any atom is 0.188 e. The molecule has 12 heavy (non-hydrogen) atoms. The normalized spacial score (nSPS) is 10.2. The lowest BCUT2D eigenvalue weighted by atomic mass is 10.4. The maximum atomic E-state index is 10.2. The Labute approximate surface area is 76.2 Å². The SMILES string of the molecule is Cc1cc(C)nc(SCC[O])n1. The standard InChI is InChI=1S/C8H11N2OS/c1-6-5-7(2)10-8(9-6)12-4-3-11/h5H,3-4H2,1-2H3. The molecule has 0 atom stereocenters. The predicted octanol–water partition coefficient (Wildman–Crippen LogP) is 1.62. The van der Waals surface area contributed by atoms with Crippen LogP contribution in [0.15, 0.2) is 11.2 Å². The summed E-state index contributed by atoms with van der Waals surface area (Å²) in [7, 11) is 0. The lowest BCUT2D eigenvalue weighted by molar-refractivity contribution is 0.215. The van der Waals surface area contributed by atoms with E-state index in [1.54, 1.807) is 0 Å². The second kappa shape index (κ2) is 4.42. The van der Waals surface area contributed by atoms with Crippen LogP contribution >= 0.6 is 11.8 Å². The van der Waals surface area contributed by atoms with Crippen molar-refractivity contribution in [3.05, 3.63) is 17.5 Å². The van der Waals surface area contributed by atoms with Gasteiger partial charge in [0.15, 0.2) is 5.16 Å². The van der Waals surface area contributed by atoms with E-state index >= 15 is 0 Å². The molecular weight excluding hydrogens is 172 g/mol. The van der Waals surface area contributed by atoms with E-state index in [-0.39, 0.29) is 6.61 Å². The Bertz CT molecular complexity index is 245. The summed E-state index contributed by atoms with van der Waals surface area (Å²) >= 11 is 1.41. The second-order valence-electron chi connectivity index (χ2n) is 2.49. The molecule has 0 aromatic carbocycles. The van der Waals surface area contributed by atoms with Gasteiger partial charge in [-0.2, -0.15) is 0 Å². The first-order valence-electron chi connectivity index (χ1n) is 3.75. The number of hydrogen-bond acceptors (Lipinski definition) is 3. The van der Waals surface area contributed by atoms with Crippen molar-refractivity contribution in [2.24, 2.45) is 0 Å². The van der Waals surface area contributed by atoms with Crippen LogP contribution in [0, 0.1) is 13.8 Å². The van der Waals surface area contributed by atoms with Crippen LogP contribution in [0.4, 0.5) is 0 Å². The average Bonchev–Trinajstić information content (AvgIpc) is 1.99. The fourth-order valence-electron chi connectivity index (χ4n) is 0.891. The van der Waals surface area contributed by atoms with E-state index in [1.807, 2.05) is 19.9 Å². The molecule has 1 aromatic rings. The highest BCUT2D eigenvalue weighted by Gasteiger charge is 1.98. The zero-order valence-electron chi connectivity index (χ0n) is 7.20. The molecule has 0 saturated carbocycles. The van der Waals surface area contributed by atoms with Crippen LogP contribution in [0.2, 0.25) is 0 Å². The number of aromatic nitrogens is 2. The van der Waals surface area contributed by atoms with Crippen molar-refractivity contribution in [1.82, 2.24) is 9.97 Å². The Balaban J connectivity index is 2.72. The highest BCUT2D eigenvalue weighted by Crippen LogP contribution is 2.12. The van der Waals surface area contributed by atoms with Crippen LogP contribution in [0.25, 0.3) is 0 Å². The van der Waals surface area contributed by atoms with Gasteiger partial charge in [-0.05, 0) is 19.9 Å². The number of aryl methyl sites for hydroxylation is 2. The van der Waals surface area contributed by atoms with E-state index in [0.29, 0.717) is 10.9 Å². The number of thioether (sulfide) groups is 1. The third-order valence-electron chi connectivity index (χ3n) is 1.28.